The molecule has 0 saturated carbocycles. The van der Waals surface area contributed by atoms with E-state index in [-0.39, 0.29) is 0 Å². The van der Waals surface area contributed by atoms with Crippen LogP contribution >= 0.6 is 0 Å². The van der Waals surface area contributed by atoms with Crippen molar-refractivity contribution >= 4 is 10.8 Å². The Morgan fingerprint density at radius 3 is 1.93 bits per heavy atom. The number of benzene rings is 4. The Labute approximate surface area is 164 Å². The van der Waals surface area contributed by atoms with Crippen LogP contribution in [0.25, 0.3) is 44.3 Å². The number of aromatic nitrogens is 2. The molecule has 4 aromatic carbocycles. The van der Waals surface area contributed by atoms with Crippen molar-refractivity contribution in [3.05, 3.63) is 109 Å². The van der Waals surface area contributed by atoms with Gasteiger partial charge in [0.05, 0.1) is 6.20 Å². The van der Waals surface area contributed by atoms with Gasteiger partial charge in [0.15, 0.2) is 0 Å². The minimum absolute atomic E-state index is 0.900. The predicted molar refractivity (Wildman–Crippen MR) is 116 cm³/mol. The van der Waals surface area contributed by atoms with E-state index >= 15 is 0 Å². The fraction of sp³-hybridized carbons (Fsp3) is 0. The van der Waals surface area contributed by atoms with Crippen molar-refractivity contribution in [2.45, 2.75) is 0 Å². The average Bonchev–Trinajstić information content (AvgIpc) is 2.79. The topological polar surface area (TPSA) is 25.8 Å². The van der Waals surface area contributed by atoms with E-state index in [1.165, 1.54) is 16.3 Å². The van der Waals surface area contributed by atoms with Gasteiger partial charge in [0.25, 0.3) is 0 Å². The monoisotopic (exact) mass is 358 g/mol. The maximum absolute atomic E-state index is 4.54. The lowest BCUT2D eigenvalue weighted by atomic mass is 9.90. The van der Waals surface area contributed by atoms with E-state index in [0.717, 1.165) is 27.9 Å². The quantitative estimate of drug-likeness (QED) is 0.362. The minimum Gasteiger partial charge on any atom is -0.158 e. The highest BCUT2D eigenvalue weighted by atomic mass is 15.1. The molecule has 132 valence electrons. The summed E-state index contributed by atoms with van der Waals surface area (Å²) < 4.78 is 0. The molecule has 0 aliphatic rings. The van der Waals surface area contributed by atoms with Gasteiger partial charge in [-0.25, -0.2) is 0 Å². The Kier molecular flexibility index (Phi) is 4.15. The first-order valence-electron chi connectivity index (χ1n) is 9.36. The maximum Gasteiger partial charge on any atom is 0.101 e. The Hall–Kier alpha value is -3.78. The molecular weight excluding hydrogens is 340 g/mol. The highest BCUT2D eigenvalue weighted by Crippen LogP contribution is 2.40. The molecule has 0 amide bonds. The van der Waals surface area contributed by atoms with Crippen LogP contribution in [0.1, 0.15) is 0 Å². The van der Waals surface area contributed by atoms with Gasteiger partial charge in [-0.1, -0.05) is 103 Å². The van der Waals surface area contributed by atoms with Crippen LogP contribution in [-0.4, -0.2) is 10.2 Å². The second kappa shape index (κ2) is 7.09. The third-order valence-corrected chi connectivity index (χ3v) is 5.04. The minimum atomic E-state index is 0.900. The lowest BCUT2D eigenvalue weighted by Crippen LogP contribution is -1.96. The summed E-state index contributed by atoms with van der Waals surface area (Å²) >= 11 is 0. The van der Waals surface area contributed by atoms with Gasteiger partial charge in [0.2, 0.25) is 0 Å². The third kappa shape index (κ3) is 2.85. The zero-order valence-electron chi connectivity index (χ0n) is 15.3. The predicted octanol–water partition coefficient (Wildman–Crippen LogP) is 6.63. The zero-order valence-corrected chi connectivity index (χ0v) is 15.3. The molecular formula is C26H18N2. The van der Waals surface area contributed by atoms with E-state index in [2.05, 4.69) is 89.1 Å². The Morgan fingerprint density at radius 1 is 0.500 bits per heavy atom. The molecule has 0 bridgehead atoms. The van der Waals surface area contributed by atoms with Crippen molar-refractivity contribution in [2.24, 2.45) is 0 Å². The second-order valence-corrected chi connectivity index (χ2v) is 6.74. The van der Waals surface area contributed by atoms with Crippen molar-refractivity contribution in [1.82, 2.24) is 10.2 Å². The normalized spacial score (nSPS) is 10.9. The summed E-state index contributed by atoms with van der Waals surface area (Å²) in [7, 11) is 0. The van der Waals surface area contributed by atoms with Gasteiger partial charge in [0.1, 0.15) is 5.69 Å². The average molecular weight is 358 g/mol. The summed E-state index contributed by atoms with van der Waals surface area (Å²) in [4.78, 5) is 0. The molecule has 0 saturated heterocycles. The Morgan fingerprint density at radius 2 is 1.14 bits per heavy atom. The number of hydrogen-bond donors (Lipinski definition) is 0. The van der Waals surface area contributed by atoms with E-state index in [4.69, 9.17) is 0 Å². The van der Waals surface area contributed by atoms with Crippen molar-refractivity contribution in [1.29, 1.82) is 0 Å². The summed E-state index contributed by atoms with van der Waals surface area (Å²) in [5.41, 5.74) is 6.48. The number of rotatable bonds is 3. The van der Waals surface area contributed by atoms with Crippen LogP contribution in [-0.2, 0) is 0 Å². The van der Waals surface area contributed by atoms with Crippen molar-refractivity contribution in [3.63, 3.8) is 0 Å². The standard InChI is InChI=1S/C26H18N2/c1-3-11-20(12-4-1)25-24(18-27-28-26(25)21-13-5-2-6-14-21)23-17-9-15-19-10-7-8-16-22(19)23/h1-18H. The summed E-state index contributed by atoms with van der Waals surface area (Å²) in [6.07, 6.45) is 1.89. The van der Waals surface area contributed by atoms with Gasteiger partial charge in [0, 0.05) is 16.7 Å². The molecule has 0 spiro atoms. The van der Waals surface area contributed by atoms with Crippen molar-refractivity contribution < 1.29 is 0 Å². The Bertz CT molecular complexity index is 1240. The highest BCUT2D eigenvalue weighted by Gasteiger charge is 2.17. The van der Waals surface area contributed by atoms with Crippen LogP contribution in [0, 0.1) is 0 Å². The Balaban J connectivity index is 1.86. The van der Waals surface area contributed by atoms with Crippen LogP contribution in [0.4, 0.5) is 0 Å². The molecule has 0 atom stereocenters. The SMILES string of the molecule is c1ccc(-c2nncc(-c3cccc4ccccc34)c2-c2ccccc2)cc1. The molecule has 0 aliphatic carbocycles. The summed E-state index contributed by atoms with van der Waals surface area (Å²) in [6, 6.07) is 35.6. The zero-order chi connectivity index (χ0) is 18.8. The molecule has 1 heterocycles. The van der Waals surface area contributed by atoms with Gasteiger partial charge in [-0.05, 0) is 21.9 Å². The van der Waals surface area contributed by atoms with E-state index < -0.39 is 0 Å². The first-order valence-corrected chi connectivity index (χ1v) is 9.36. The van der Waals surface area contributed by atoms with Gasteiger partial charge in [-0.2, -0.15) is 5.10 Å². The maximum atomic E-state index is 4.54. The molecule has 5 aromatic rings. The first kappa shape index (κ1) is 16.4. The number of hydrogen-bond acceptors (Lipinski definition) is 2. The summed E-state index contributed by atoms with van der Waals surface area (Å²) in [5, 5.41) is 11.4. The molecule has 0 radical (unpaired) electrons. The second-order valence-electron chi connectivity index (χ2n) is 6.74. The molecule has 5 rings (SSSR count). The van der Waals surface area contributed by atoms with E-state index in [9.17, 15) is 0 Å². The number of fused-ring (bicyclic) bond motifs is 1. The lowest BCUT2D eigenvalue weighted by molar-refractivity contribution is 1.04. The fourth-order valence-electron chi connectivity index (χ4n) is 3.75. The first-order chi connectivity index (χ1) is 13.9. The van der Waals surface area contributed by atoms with Crippen molar-refractivity contribution in [3.8, 4) is 33.5 Å². The summed E-state index contributed by atoms with van der Waals surface area (Å²) in [6.45, 7) is 0. The largest absolute Gasteiger partial charge is 0.158 e. The molecule has 1 aromatic heterocycles. The van der Waals surface area contributed by atoms with E-state index in [1.807, 2.05) is 30.5 Å². The van der Waals surface area contributed by atoms with Crippen LogP contribution in [0.5, 0.6) is 0 Å². The molecule has 28 heavy (non-hydrogen) atoms. The molecule has 2 nitrogen and oxygen atoms in total. The van der Waals surface area contributed by atoms with Gasteiger partial charge in [-0.3, -0.25) is 0 Å². The van der Waals surface area contributed by atoms with Crippen LogP contribution in [0.15, 0.2) is 109 Å². The smallest absolute Gasteiger partial charge is 0.101 e. The molecule has 0 unspecified atom stereocenters. The lowest BCUT2D eigenvalue weighted by Gasteiger charge is -2.15. The third-order valence-electron chi connectivity index (χ3n) is 5.04. The highest BCUT2D eigenvalue weighted by molar-refractivity contribution is 6.02. The van der Waals surface area contributed by atoms with Gasteiger partial charge < -0.3 is 0 Å². The molecule has 0 fully saturated rings. The van der Waals surface area contributed by atoms with Gasteiger partial charge >= 0.3 is 0 Å². The molecule has 2 heteroatoms. The van der Waals surface area contributed by atoms with Crippen molar-refractivity contribution in [2.75, 3.05) is 0 Å². The van der Waals surface area contributed by atoms with Gasteiger partial charge in [-0.15, -0.1) is 5.10 Å². The van der Waals surface area contributed by atoms with Crippen LogP contribution < -0.4 is 0 Å². The van der Waals surface area contributed by atoms with E-state index in [0.29, 0.717) is 0 Å². The number of nitrogens with zero attached hydrogens (tertiary/aromatic N) is 2. The fourth-order valence-corrected chi connectivity index (χ4v) is 3.75. The molecule has 0 aliphatic heterocycles. The molecule has 0 N–H and O–H groups in total. The van der Waals surface area contributed by atoms with Crippen LogP contribution in [0.2, 0.25) is 0 Å². The summed E-state index contributed by atoms with van der Waals surface area (Å²) in [5.74, 6) is 0. The van der Waals surface area contributed by atoms with Crippen LogP contribution in [0.3, 0.4) is 0 Å². The van der Waals surface area contributed by atoms with E-state index in [1.54, 1.807) is 0 Å².